The van der Waals surface area contributed by atoms with Gasteiger partial charge in [0.1, 0.15) is 11.6 Å². The summed E-state index contributed by atoms with van der Waals surface area (Å²) in [6, 6.07) is 9.17. The summed E-state index contributed by atoms with van der Waals surface area (Å²) in [4.78, 5) is 15.8. The normalized spacial score (nSPS) is 10.0. The summed E-state index contributed by atoms with van der Waals surface area (Å²) in [6.45, 7) is 6.04. The SMILES string of the molecule is Cc1ccc(OCNC(=O)Nc2ncccc2C)cc1C. The Morgan fingerprint density at radius 3 is 2.67 bits per heavy atom. The molecule has 5 heteroatoms. The van der Waals surface area contributed by atoms with E-state index in [0.29, 0.717) is 5.82 Å². The zero-order valence-electron chi connectivity index (χ0n) is 12.4. The number of nitrogens with one attached hydrogen (secondary N) is 2. The summed E-state index contributed by atoms with van der Waals surface area (Å²) >= 11 is 0. The first-order valence-electron chi connectivity index (χ1n) is 6.73. The molecule has 0 aliphatic heterocycles. The molecule has 0 saturated carbocycles. The smallest absolute Gasteiger partial charge is 0.323 e. The molecule has 0 unspecified atom stereocenters. The van der Waals surface area contributed by atoms with Crippen molar-refractivity contribution in [3.05, 3.63) is 53.2 Å². The van der Waals surface area contributed by atoms with Crippen molar-refractivity contribution in [1.29, 1.82) is 0 Å². The van der Waals surface area contributed by atoms with E-state index < -0.39 is 0 Å². The van der Waals surface area contributed by atoms with Crippen LogP contribution in [0.1, 0.15) is 16.7 Å². The highest BCUT2D eigenvalue weighted by Crippen LogP contribution is 2.16. The molecule has 1 aromatic carbocycles. The molecule has 0 fully saturated rings. The van der Waals surface area contributed by atoms with E-state index in [9.17, 15) is 4.79 Å². The van der Waals surface area contributed by atoms with Crippen LogP contribution in [0.15, 0.2) is 36.5 Å². The predicted molar refractivity (Wildman–Crippen MR) is 82.5 cm³/mol. The van der Waals surface area contributed by atoms with Crippen LogP contribution in [0, 0.1) is 20.8 Å². The average Bonchev–Trinajstić information content (AvgIpc) is 2.45. The van der Waals surface area contributed by atoms with Gasteiger partial charge in [-0.25, -0.2) is 9.78 Å². The number of nitrogens with zero attached hydrogens (tertiary/aromatic N) is 1. The fourth-order valence-corrected chi connectivity index (χ4v) is 1.76. The number of amides is 2. The van der Waals surface area contributed by atoms with Gasteiger partial charge in [0, 0.05) is 6.20 Å². The van der Waals surface area contributed by atoms with Crippen molar-refractivity contribution in [2.45, 2.75) is 20.8 Å². The Morgan fingerprint density at radius 1 is 1.14 bits per heavy atom. The van der Waals surface area contributed by atoms with Gasteiger partial charge in [-0.2, -0.15) is 0 Å². The Labute approximate surface area is 124 Å². The molecule has 1 heterocycles. The molecule has 21 heavy (non-hydrogen) atoms. The molecule has 0 bridgehead atoms. The van der Waals surface area contributed by atoms with Crippen LogP contribution >= 0.6 is 0 Å². The molecular formula is C16H19N3O2. The maximum Gasteiger partial charge on any atom is 0.323 e. The van der Waals surface area contributed by atoms with Crippen molar-refractivity contribution in [3.63, 3.8) is 0 Å². The van der Waals surface area contributed by atoms with Gasteiger partial charge in [0.15, 0.2) is 6.73 Å². The lowest BCUT2D eigenvalue weighted by molar-refractivity contribution is 0.234. The second-order valence-electron chi connectivity index (χ2n) is 4.83. The Bertz CT molecular complexity index is 641. The van der Waals surface area contributed by atoms with Crippen molar-refractivity contribution < 1.29 is 9.53 Å². The lowest BCUT2D eigenvalue weighted by Crippen LogP contribution is -2.32. The third-order valence-corrected chi connectivity index (χ3v) is 3.19. The summed E-state index contributed by atoms with van der Waals surface area (Å²) < 4.78 is 5.49. The van der Waals surface area contributed by atoms with Crippen LogP contribution in [0.3, 0.4) is 0 Å². The van der Waals surface area contributed by atoms with Gasteiger partial charge in [-0.3, -0.25) is 5.32 Å². The quantitative estimate of drug-likeness (QED) is 0.848. The highest BCUT2D eigenvalue weighted by atomic mass is 16.5. The predicted octanol–water partition coefficient (Wildman–Crippen LogP) is 3.16. The molecule has 2 N–H and O–H groups in total. The number of anilines is 1. The van der Waals surface area contributed by atoms with E-state index >= 15 is 0 Å². The molecule has 0 saturated heterocycles. The van der Waals surface area contributed by atoms with Crippen LogP contribution in [0.4, 0.5) is 10.6 Å². The van der Waals surface area contributed by atoms with E-state index in [1.54, 1.807) is 6.20 Å². The zero-order valence-corrected chi connectivity index (χ0v) is 12.4. The van der Waals surface area contributed by atoms with Crippen LogP contribution < -0.4 is 15.4 Å². The van der Waals surface area contributed by atoms with E-state index in [2.05, 4.69) is 15.6 Å². The molecule has 110 valence electrons. The topological polar surface area (TPSA) is 63.2 Å². The lowest BCUT2D eigenvalue weighted by atomic mass is 10.1. The van der Waals surface area contributed by atoms with E-state index in [-0.39, 0.29) is 12.8 Å². The Morgan fingerprint density at radius 2 is 1.95 bits per heavy atom. The number of aryl methyl sites for hydroxylation is 3. The van der Waals surface area contributed by atoms with Crippen LogP contribution in [-0.4, -0.2) is 17.7 Å². The molecule has 0 spiro atoms. The third-order valence-electron chi connectivity index (χ3n) is 3.19. The standard InChI is InChI=1S/C16H19N3O2/c1-11-6-7-14(9-13(11)3)21-10-18-16(20)19-15-12(2)5-4-8-17-15/h4-9H,10H2,1-3H3,(H2,17,18,19,20). The minimum absolute atomic E-state index is 0.0974. The number of ether oxygens (including phenoxy) is 1. The van der Waals surface area contributed by atoms with Gasteiger partial charge in [0.05, 0.1) is 0 Å². The molecule has 2 amide bonds. The number of aromatic nitrogens is 1. The number of benzene rings is 1. The van der Waals surface area contributed by atoms with Gasteiger partial charge in [-0.15, -0.1) is 0 Å². The first-order chi connectivity index (χ1) is 10.1. The molecule has 2 aromatic rings. The van der Waals surface area contributed by atoms with Crippen molar-refractivity contribution in [2.75, 3.05) is 12.0 Å². The molecule has 5 nitrogen and oxygen atoms in total. The number of pyridine rings is 1. The fourth-order valence-electron chi connectivity index (χ4n) is 1.76. The maximum atomic E-state index is 11.7. The summed E-state index contributed by atoms with van der Waals surface area (Å²) in [7, 11) is 0. The number of carbonyl (C=O) groups excluding carboxylic acids is 1. The van der Waals surface area contributed by atoms with Gasteiger partial charge in [0.25, 0.3) is 0 Å². The van der Waals surface area contributed by atoms with Gasteiger partial charge < -0.3 is 10.1 Å². The Balaban J connectivity index is 1.82. The minimum atomic E-state index is -0.347. The van der Waals surface area contributed by atoms with Crippen molar-refractivity contribution in [2.24, 2.45) is 0 Å². The van der Waals surface area contributed by atoms with Gasteiger partial charge in [-0.05, 0) is 55.7 Å². The van der Waals surface area contributed by atoms with E-state index in [1.165, 1.54) is 5.56 Å². The summed E-state index contributed by atoms with van der Waals surface area (Å²) in [5.41, 5.74) is 3.27. The average molecular weight is 285 g/mol. The second-order valence-corrected chi connectivity index (χ2v) is 4.83. The molecule has 0 aliphatic carbocycles. The van der Waals surface area contributed by atoms with Gasteiger partial charge in [-0.1, -0.05) is 12.1 Å². The van der Waals surface area contributed by atoms with Crippen molar-refractivity contribution >= 4 is 11.8 Å². The number of hydrogen-bond acceptors (Lipinski definition) is 3. The summed E-state index contributed by atoms with van der Waals surface area (Å²) in [5, 5.41) is 5.30. The number of urea groups is 1. The third kappa shape index (κ3) is 4.21. The second kappa shape index (κ2) is 6.74. The first kappa shape index (κ1) is 14.8. The largest absolute Gasteiger partial charge is 0.473 e. The highest BCUT2D eigenvalue weighted by Gasteiger charge is 2.04. The number of carbonyl (C=O) groups is 1. The summed E-state index contributed by atoms with van der Waals surface area (Å²) in [5.74, 6) is 1.27. The van der Waals surface area contributed by atoms with Crippen LogP contribution in [-0.2, 0) is 0 Å². The summed E-state index contributed by atoms with van der Waals surface area (Å²) in [6.07, 6.45) is 1.63. The maximum absolute atomic E-state index is 11.7. The Hall–Kier alpha value is -2.56. The van der Waals surface area contributed by atoms with Crippen molar-refractivity contribution in [3.8, 4) is 5.75 Å². The van der Waals surface area contributed by atoms with Gasteiger partial charge in [0.2, 0.25) is 0 Å². The monoisotopic (exact) mass is 285 g/mol. The van der Waals surface area contributed by atoms with Crippen LogP contribution in [0.25, 0.3) is 0 Å². The molecule has 0 atom stereocenters. The van der Waals surface area contributed by atoms with Gasteiger partial charge >= 0.3 is 6.03 Å². The molecular weight excluding hydrogens is 266 g/mol. The van der Waals surface area contributed by atoms with Crippen LogP contribution in [0.5, 0.6) is 5.75 Å². The van der Waals surface area contributed by atoms with E-state index in [4.69, 9.17) is 4.74 Å². The minimum Gasteiger partial charge on any atom is -0.473 e. The number of rotatable bonds is 4. The molecule has 0 aliphatic rings. The molecule has 0 radical (unpaired) electrons. The Kier molecular flexibility index (Phi) is 4.77. The van der Waals surface area contributed by atoms with E-state index in [1.807, 2.05) is 51.1 Å². The number of hydrogen-bond donors (Lipinski definition) is 2. The van der Waals surface area contributed by atoms with E-state index in [0.717, 1.165) is 16.9 Å². The highest BCUT2D eigenvalue weighted by molar-refractivity contribution is 5.88. The zero-order chi connectivity index (χ0) is 15.2. The molecule has 1 aromatic heterocycles. The fraction of sp³-hybridized carbons (Fsp3) is 0.250. The molecule has 2 rings (SSSR count). The van der Waals surface area contributed by atoms with Crippen molar-refractivity contribution in [1.82, 2.24) is 10.3 Å². The first-order valence-corrected chi connectivity index (χ1v) is 6.73. The van der Waals surface area contributed by atoms with Crippen LogP contribution in [0.2, 0.25) is 0 Å². The lowest BCUT2D eigenvalue weighted by Gasteiger charge is -2.11.